The molecule has 19 heavy (non-hydrogen) atoms. The maximum absolute atomic E-state index is 13.5. The van der Waals surface area contributed by atoms with Crippen LogP contribution in [0, 0.1) is 25.5 Å². The van der Waals surface area contributed by atoms with E-state index in [4.69, 9.17) is 0 Å². The number of benzene rings is 2. The predicted octanol–water partition coefficient (Wildman–Crippen LogP) is 5.14. The fourth-order valence-electron chi connectivity index (χ4n) is 1.87. The largest absolute Gasteiger partial charge is 0.207 e. The molecule has 0 heterocycles. The molecule has 0 amide bonds. The van der Waals surface area contributed by atoms with E-state index in [9.17, 15) is 8.78 Å². The molecule has 0 saturated carbocycles. The SMILES string of the molecule is CC(=Cc1ccc(C)cc1)c1cc(F)c(C)c(F)c1. The maximum atomic E-state index is 13.5. The van der Waals surface area contributed by atoms with Gasteiger partial charge in [-0.1, -0.05) is 35.9 Å². The van der Waals surface area contributed by atoms with Gasteiger partial charge in [-0.05, 0) is 49.6 Å². The molecule has 2 aromatic rings. The molecule has 0 aliphatic heterocycles. The first kappa shape index (κ1) is 13.5. The van der Waals surface area contributed by atoms with Crippen LogP contribution in [0.2, 0.25) is 0 Å². The molecule has 0 bridgehead atoms. The normalized spacial score (nSPS) is 11.7. The van der Waals surface area contributed by atoms with Crippen LogP contribution in [-0.4, -0.2) is 0 Å². The Balaban J connectivity index is 2.38. The molecule has 0 aromatic heterocycles. The Bertz CT molecular complexity index is 599. The van der Waals surface area contributed by atoms with E-state index >= 15 is 0 Å². The van der Waals surface area contributed by atoms with Crippen molar-refractivity contribution in [3.63, 3.8) is 0 Å². The summed E-state index contributed by atoms with van der Waals surface area (Å²) in [6.45, 7) is 5.31. The number of hydrogen-bond acceptors (Lipinski definition) is 0. The topological polar surface area (TPSA) is 0 Å². The Morgan fingerprint density at radius 3 is 2.00 bits per heavy atom. The van der Waals surface area contributed by atoms with Gasteiger partial charge in [0.1, 0.15) is 11.6 Å². The van der Waals surface area contributed by atoms with Crippen LogP contribution in [0.4, 0.5) is 8.78 Å². The number of rotatable bonds is 2. The number of hydrogen-bond donors (Lipinski definition) is 0. The molecule has 0 unspecified atom stereocenters. The lowest BCUT2D eigenvalue weighted by Gasteiger charge is -2.06. The van der Waals surface area contributed by atoms with Crippen molar-refractivity contribution >= 4 is 11.6 Å². The first-order chi connectivity index (χ1) is 8.97. The molecule has 0 atom stereocenters. The third-order valence-electron chi connectivity index (χ3n) is 3.20. The molecular weight excluding hydrogens is 242 g/mol. The predicted molar refractivity (Wildman–Crippen MR) is 75.8 cm³/mol. The second-order valence-corrected chi connectivity index (χ2v) is 4.80. The third-order valence-corrected chi connectivity index (χ3v) is 3.20. The molecule has 0 aliphatic carbocycles. The minimum atomic E-state index is -0.508. The molecule has 0 radical (unpaired) electrons. The minimum absolute atomic E-state index is 0.0619. The zero-order chi connectivity index (χ0) is 14.0. The van der Waals surface area contributed by atoms with Crippen molar-refractivity contribution in [3.8, 4) is 0 Å². The van der Waals surface area contributed by atoms with Crippen LogP contribution < -0.4 is 0 Å². The summed E-state index contributed by atoms with van der Waals surface area (Å²) < 4.78 is 27.0. The number of aryl methyl sites for hydroxylation is 1. The van der Waals surface area contributed by atoms with Crippen molar-refractivity contribution in [2.75, 3.05) is 0 Å². The van der Waals surface area contributed by atoms with E-state index in [-0.39, 0.29) is 5.56 Å². The van der Waals surface area contributed by atoms with E-state index in [0.29, 0.717) is 5.56 Å². The van der Waals surface area contributed by atoms with Gasteiger partial charge in [-0.2, -0.15) is 0 Å². The van der Waals surface area contributed by atoms with Gasteiger partial charge in [-0.15, -0.1) is 0 Å². The molecule has 2 heteroatoms. The van der Waals surface area contributed by atoms with E-state index in [2.05, 4.69) is 0 Å². The Kier molecular flexibility index (Phi) is 3.79. The van der Waals surface area contributed by atoms with Gasteiger partial charge in [0, 0.05) is 5.56 Å². The summed E-state index contributed by atoms with van der Waals surface area (Å²) in [5, 5.41) is 0. The van der Waals surface area contributed by atoms with Crippen molar-refractivity contribution in [3.05, 3.63) is 70.3 Å². The molecule has 98 valence electrons. The van der Waals surface area contributed by atoms with E-state index < -0.39 is 11.6 Å². The molecule has 0 spiro atoms. The second kappa shape index (κ2) is 5.35. The first-order valence-corrected chi connectivity index (χ1v) is 6.18. The quantitative estimate of drug-likeness (QED) is 0.654. The van der Waals surface area contributed by atoms with E-state index in [1.165, 1.54) is 24.6 Å². The van der Waals surface area contributed by atoms with Gasteiger partial charge < -0.3 is 0 Å². The minimum Gasteiger partial charge on any atom is -0.207 e. The lowest BCUT2D eigenvalue weighted by Crippen LogP contribution is -1.92. The molecular formula is C17H16F2. The summed E-state index contributed by atoms with van der Waals surface area (Å²) in [6, 6.07) is 10.7. The zero-order valence-electron chi connectivity index (χ0n) is 11.3. The van der Waals surface area contributed by atoms with Crippen LogP contribution in [0.5, 0.6) is 0 Å². The standard InChI is InChI=1S/C17H16F2/c1-11-4-6-14(7-5-11)8-12(2)15-9-16(18)13(3)17(19)10-15/h4-10H,1-3H3. The average Bonchev–Trinajstić information content (AvgIpc) is 2.38. The average molecular weight is 258 g/mol. The van der Waals surface area contributed by atoms with E-state index in [1.807, 2.05) is 44.2 Å². The molecule has 0 fully saturated rings. The van der Waals surface area contributed by atoms with Gasteiger partial charge >= 0.3 is 0 Å². The Morgan fingerprint density at radius 2 is 1.47 bits per heavy atom. The van der Waals surface area contributed by atoms with Gasteiger partial charge in [0.05, 0.1) is 0 Å². The van der Waals surface area contributed by atoms with Crippen LogP contribution >= 0.6 is 0 Å². The highest BCUT2D eigenvalue weighted by atomic mass is 19.1. The van der Waals surface area contributed by atoms with Gasteiger partial charge in [0.15, 0.2) is 0 Å². The van der Waals surface area contributed by atoms with Gasteiger partial charge in [-0.25, -0.2) is 8.78 Å². The summed E-state index contributed by atoms with van der Waals surface area (Å²) >= 11 is 0. The fraction of sp³-hybridized carbons (Fsp3) is 0.176. The van der Waals surface area contributed by atoms with Gasteiger partial charge in [0.25, 0.3) is 0 Å². The van der Waals surface area contributed by atoms with Gasteiger partial charge in [-0.3, -0.25) is 0 Å². The summed E-state index contributed by atoms with van der Waals surface area (Å²) in [7, 11) is 0. The lowest BCUT2D eigenvalue weighted by molar-refractivity contribution is 0.567. The van der Waals surface area contributed by atoms with Crippen LogP contribution in [0.25, 0.3) is 11.6 Å². The summed E-state index contributed by atoms with van der Waals surface area (Å²) in [6.07, 6.45) is 1.92. The molecule has 0 saturated heterocycles. The lowest BCUT2D eigenvalue weighted by atomic mass is 10.0. The molecule has 0 nitrogen and oxygen atoms in total. The maximum Gasteiger partial charge on any atom is 0.129 e. The van der Waals surface area contributed by atoms with Crippen molar-refractivity contribution < 1.29 is 8.78 Å². The summed E-state index contributed by atoms with van der Waals surface area (Å²) in [5.41, 5.74) is 3.67. The number of halogens is 2. The summed E-state index contributed by atoms with van der Waals surface area (Å²) in [5.74, 6) is -1.02. The molecule has 0 N–H and O–H groups in total. The van der Waals surface area contributed by atoms with Crippen LogP contribution in [-0.2, 0) is 0 Å². The van der Waals surface area contributed by atoms with Crippen molar-refractivity contribution in [1.82, 2.24) is 0 Å². The van der Waals surface area contributed by atoms with Crippen molar-refractivity contribution in [2.24, 2.45) is 0 Å². The first-order valence-electron chi connectivity index (χ1n) is 6.18. The van der Waals surface area contributed by atoms with Crippen molar-refractivity contribution in [2.45, 2.75) is 20.8 Å². The van der Waals surface area contributed by atoms with E-state index in [1.54, 1.807) is 0 Å². The van der Waals surface area contributed by atoms with Crippen LogP contribution in [0.3, 0.4) is 0 Å². The van der Waals surface area contributed by atoms with Crippen LogP contribution in [0.15, 0.2) is 36.4 Å². The highest BCUT2D eigenvalue weighted by Crippen LogP contribution is 2.22. The third kappa shape index (κ3) is 3.08. The summed E-state index contributed by atoms with van der Waals surface area (Å²) in [4.78, 5) is 0. The molecule has 2 rings (SSSR count). The zero-order valence-corrected chi connectivity index (χ0v) is 11.3. The van der Waals surface area contributed by atoms with Gasteiger partial charge in [0.2, 0.25) is 0 Å². The Morgan fingerprint density at radius 1 is 0.947 bits per heavy atom. The fourth-order valence-corrected chi connectivity index (χ4v) is 1.87. The molecule has 0 aliphatic rings. The highest BCUT2D eigenvalue weighted by molar-refractivity contribution is 5.80. The van der Waals surface area contributed by atoms with Crippen molar-refractivity contribution in [1.29, 1.82) is 0 Å². The Hall–Kier alpha value is -1.96. The smallest absolute Gasteiger partial charge is 0.129 e. The second-order valence-electron chi connectivity index (χ2n) is 4.80. The monoisotopic (exact) mass is 258 g/mol. The highest BCUT2D eigenvalue weighted by Gasteiger charge is 2.07. The van der Waals surface area contributed by atoms with E-state index in [0.717, 1.165) is 11.1 Å². The Labute approximate surface area is 112 Å². The molecule has 2 aromatic carbocycles. The van der Waals surface area contributed by atoms with Crippen LogP contribution in [0.1, 0.15) is 29.2 Å². The number of allylic oxidation sites excluding steroid dienone is 1.